The molecule has 0 unspecified atom stereocenters. The molecule has 156 valence electrons. The summed E-state index contributed by atoms with van der Waals surface area (Å²) < 4.78 is 49.9. The Balaban J connectivity index is 2.50. The van der Waals surface area contributed by atoms with Gasteiger partial charge in [-0.2, -0.15) is 13.2 Å². The van der Waals surface area contributed by atoms with E-state index in [4.69, 9.17) is 26.2 Å². The lowest BCUT2D eigenvalue weighted by atomic mass is 10.3. The number of halogens is 4. The summed E-state index contributed by atoms with van der Waals surface area (Å²) in [5, 5.41) is 8.79. The second kappa shape index (κ2) is 8.43. The highest BCUT2D eigenvalue weighted by molar-refractivity contribution is 6.32. The molecule has 0 aliphatic rings. The van der Waals surface area contributed by atoms with Gasteiger partial charge >= 0.3 is 17.8 Å². The molecule has 29 heavy (non-hydrogen) atoms. The standard InChI is InChI=1S/C17H14ClF3N2O6/c1-22-13(17(19,20)21)7-14(24)23(16(22)27)9-3-4-11(18)12(5-9)29-8-10(28-2)6-15(25)26/h3-7H,8H2,1-2H3,(H,25,26)/b10-6-. The Kier molecular flexibility index (Phi) is 6.42. The average Bonchev–Trinajstić information content (AvgIpc) is 2.62. The molecule has 0 amide bonds. The Morgan fingerprint density at radius 1 is 1.28 bits per heavy atom. The van der Waals surface area contributed by atoms with Crippen molar-refractivity contribution >= 4 is 17.6 Å². The van der Waals surface area contributed by atoms with Gasteiger partial charge in [-0.15, -0.1) is 0 Å². The van der Waals surface area contributed by atoms with E-state index >= 15 is 0 Å². The molecule has 1 heterocycles. The lowest BCUT2D eigenvalue weighted by Crippen LogP contribution is -2.40. The number of carboxylic acid groups (broad SMARTS) is 1. The smallest absolute Gasteiger partial charge is 0.431 e. The quantitative estimate of drug-likeness (QED) is 0.552. The molecule has 1 aromatic heterocycles. The third-order valence-corrected chi connectivity index (χ3v) is 4.01. The van der Waals surface area contributed by atoms with Crippen LogP contribution in [0.2, 0.25) is 5.02 Å². The van der Waals surface area contributed by atoms with Crippen molar-refractivity contribution < 1.29 is 32.5 Å². The number of methoxy groups -OCH3 is 1. The van der Waals surface area contributed by atoms with E-state index in [-0.39, 0.29) is 28.8 Å². The van der Waals surface area contributed by atoms with E-state index in [2.05, 4.69) is 0 Å². The average molecular weight is 435 g/mol. The number of aliphatic carboxylic acids is 1. The molecule has 0 bridgehead atoms. The molecule has 1 aromatic carbocycles. The molecule has 0 spiro atoms. The number of nitrogens with zero attached hydrogens (tertiary/aromatic N) is 2. The van der Waals surface area contributed by atoms with E-state index in [1.807, 2.05) is 0 Å². The summed E-state index contributed by atoms with van der Waals surface area (Å²) in [6.07, 6.45) is -4.12. The van der Waals surface area contributed by atoms with Crippen molar-refractivity contribution in [2.45, 2.75) is 6.18 Å². The van der Waals surface area contributed by atoms with Crippen LogP contribution in [0.25, 0.3) is 5.69 Å². The van der Waals surface area contributed by atoms with Crippen molar-refractivity contribution in [1.82, 2.24) is 9.13 Å². The van der Waals surface area contributed by atoms with Crippen LogP contribution >= 0.6 is 11.6 Å². The Labute approximate surface area is 166 Å². The summed E-state index contributed by atoms with van der Waals surface area (Å²) in [5.74, 6) is -1.38. The summed E-state index contributed by atoms with van der Waals surface area (Å²) in [6.45, 7) is -0.341. The highest BCUT2D eigenvalue weighted by Crippen LogP contribution is 2.28. The maximum atomic E-state index is 13.0. The lowest BCUT2D eigenvalue weighted by Gasteiger charge is -2.15. The molecule has 0 aliphatic heterocycles. The third-order valence-electron chi connectivity index (χ3n) is 3.70. The van der Waals surface area contributed by atoms with E-state index in [1.54, 1.807) is 0 Å². The first-order chi connectivity index (χ1) is 13.5. The summed E-state index contributed by atoms with van der Waals surface area (Å²) in [6, 6.07) is 3.97. The first-order valence-electron chi connectivity index (χ1n) is 7.76. The van der Waals surface area contributed by atoms with Crippen LogP contribution in [0.1, 0.15) is 5.69 Å². The Hall–Kier alpha value is -3.21. The molecule has 2 aromatic rings. The SMILES string of the molecule is CO/C(=C\C(=O)O)COc1cc(-n2c(=O)cc(C(F)(F)F)n(C)c2=O)ccc1Cl. The van der Waals surface area contributed by atoms with Crippen LogP contribution in [0.15, 0.2) is 45.7 Å². The predicted molar refractivity (Wildman–Crippen MR) is 95.5 cm³/mol. The molecule has 0 atom stereocenters. The molecular formula is C17H14ClF3N2O6. The van der Waals surface area contributed by atoms with Crippen LogP contribution in [-0.2, 0) is 22.8 Å². The van der Waals surface area contributed by atoms with Crippen LogP contribution in [-0.4, -0.2) is 33.9 Å². The topological polar surface area (TPSA) is 99.8 Å². The summed E-state index contributed by atoms with van der Waals surface area (Å²) in [5.41, 5.74) is -3.90. The Morgan fingerprint density at radius 2 is 1.93 bits per heavy atom. The molecule has 0 saturated heterocycles. The van der Waals surface area contributed by atoms with Crippen LogP contribution in [0.4, 0.5) is 13.2 Å². The molecule has 0 aliphatic carbocycles. The van der Waals surface area contributed by atoms with Crippen LogP contribution < -0.4 is 16.0 Å². The zero-order chi connectivity index (χ0) is 21.9. The normalized spacial score (nSPS) is 12.0. The first-order valence-corrected chi connectivity index (χ1v) is 8.14. The predicted octanol–water partition coefficient (Wildman–Crippen LogP) is 2.20. The van der Waals surface area contributed by atoms with E-state index in [0.29, 0.717) is 15.2 Å². The van der Waals surface area contributed by atoms with Crippen molar-refractivity contribution in [2.75, 3.05) is 13.7 Å². The van der Waals surface area contributed by atoms with Gasteiger partial charge in [-0.1, -0.05) is 11.6 Å². The maximum Gasteiger partial charge on any atom is 0.431 e. The summed E-state index contributed by atoms with van der Waals surface area (Å²) in [4.78, 5) is 35.2. The maximum absolute atomic E-state index is 13.0. The number of alkyl halides is 3. The van der Waals surface area contributed by atoms with Gasteiger partial charge in [0.25, 0.3) is 5.56 Å². The van der Waals surface area contributed by atoms with Gasteiger partial charge in [0.1, 0.15) is 23.8 Å². The van der Waals surface area contributed by atoms with Gasteiger partial charge in [0.15, 0.2) is 0 Å². The zero-order valence-corrected chi connectivity index (χ0v) is 15.7. The molecule has 0 saturated carbocycles. The fraction of sp³-hybridized carbons (Fsp3) is 0.235. The van der Waals surface area contributed by atoms with Gasteiger partial charge in [-0.25, -0.2) is 14.2 Å². The van der Waals surface area contributed by atoms with E-state index in [0.717, 1.165) is 19.2 Å². The number of carbonyl (C=O) groups is 1. The zero-order valence-electron chi connectivity index (χ0n) is 15.0. The second-order valence-electron chi connectivity index (χ2n) is 5.60. The van der Waals surface area contributed by atoms with Crippen molar-refractivity contribution in [3.05, 3.63) is 67.7 Å². The van der Waals surface area contributed by atoms with Gasteiger partial charge in [-0.05, 0) is 12.1 Å². The van der Waals surface area contributed by atoms with Crippen molar-refractivity contribution in [3.8, 4) is 11.4 Å². The van der Waals surface area contributed by atoms with Gasteiger partial charge in [-0.3, -0.25) is 9.36 Å². The monoisotopic (exact) mass is 434 g/mol. The van der Waals surface area contributed by atoms with Crippen molar-refractivity contribution in [1.29, 1.82) is 0 Å². The molecule has 12 heteroatoms. The largest absolute Gasteiger partial charge is 0.497 e. The number of carboxylic acids is 1. The van der Waals surface area contributed by atoms with E-state index in [9.17, 15) is 27.6 Å². The summed E-state index contributed by atoms with van der Waals surface area (Å²) >= 11 is 5.99. The molecule has 8 nitrogen and oxygen atoms in total. The van der Waals surface area contributed by atoms with E-state index in [1.165, 1.54) is 19.2 Å². The van der Waals surface area contributed by atoms with Crippen LogP contribution in [0.3, 0.4) is 0 Å². The van der Waals surface area contributed by atoms with Crippen molar-refractivity contribution in [2.24, 2.45) is 7.05 Å². The molecule has 1 N–H and O–H groups in total. The van der Waals surface area contributed by atoms with Gasteiger partial charge in [0, 0.05) is 19.2 Å². The highest BCUT2D eigenvalue weighted by Gasteiger charge is 2.35. The molecule has 2 rings (SSSR count). The number of aromatic nitrogens is 2. The second-order valence-corrected chi connectivity index (χ2v) is 6.01. The molecular weight excluding hydrogens is 421 g/mol. The minimum atomic E-state index is -4.88. The third kappa shape index (κ3) is 4.99. The fourth-order valence-electron chi connectivity index (χ4n) is 2.32. The number of benzene rings is 1. The van der Waals surface area contributed by atoms with Gasteiger partial charge in [0.2, 0.25) is 0 Å². The first kappa shape index (κ1) is 22.1. The minimum absolute atomic E-state index is 0.0497. The Bertz CT molecular complexity index is 1090. The van der Waals surface area contributed by atoms with Gasteiger partial charge < -0.3 is 14.6 Å². The van der Waals surface area contributed by atoms with E-state index < -0.39 is 29.1 Å². The highest BCUT2D eigenvalue weighted by atomic mass is 35.5. The van der Waals surface area contributed by atoms with Crippen molar-refractivity contribution in [3.63, 3.8) is 0 Å². The summed E-state index contributed by atoms with van der Waals surface area (Å²) in [7, 11) is 2.11. The number of hydrogen-bond acceptors (Lipinski definition) is 5. The molecule has 0 radical (unpaired) electrons. The Morgan fingerprint density at radius 3 is 2.48 bits per heavy atom. The fourth-order valence-corrected chi connectivity index (χ4v) is 2.50. The number of ether oxygens (including phenoxy) is 2. The number of hydrogen-bond donors (Lipinski definition) is 1. The van der Waals surface area contributed by atoms with Gasteiger partial charge in [0.05, 0.1) is 23.9 Å². The lowest BCUT2D eigenvalue weighted by molar-refractivity contribution is -0.144. The molecule has 0 fully saturated rings. The van der Waals surface area contributed by atoms with Crippen LogP contribution in [0, 0.1) is 0 Å². The van der Waals surface area contributed by atoms with Crippen LogP contribution in [0.5, 0.6) is 5.75 Å². The number of rotatable bonds is 6. The minimum Gasteiger partial charge on any atom is -0.497 e.